The van der Waals surface area contributed by atoms with E-state index in [1.54, 1.807) is 12.1 Å². The topological polar surface area (TPSA) is 40.5 Å². The Kier molecular flexibility index (Phi) is 3.19. The smallest absolute Gasteiger partial charge is 0.303 e. The lowest BCUT2D eigenvalue weighted by molar-refractivity contribution is -0.139. The Hall–Kier alpha value is -1.42. The van der Waals surface area contributed by atoms with Gasteiger partial charge in [-0.3, -0.25) is 9.69 Å². The van der Waals surface area contributed by atoms with Crippen LogP contribution in [-0.2, 0) is 11.3 Å². The number of aliphatic carboxylic acids is 1. The van der Waals surface area contributed by atoms with E-state index in [1.807, 2.05) is 6.07 Å². The van der Waals surface area contributed by atoms with Crippen LogP contribution in [0.25, 0.3) is 0 Å². The highest BCUT2D eigenvalue weighted by Gasteiger charge is 2.28. The summed E-state index contributed by atoms with van der Waals surface area (Å²) in [4.78, 5) is 12.5. The lowest BCUT2D eigenvalue weighted by Gasteiger charge is -2.38. The lowest BCUT2D eigenvalue weighted by Crippen LogP contribution is -2.46. The third-order valence-corrected chi connectivity index (χ3v) is 2.85. The number of benzene rings is 1. The van der Waals surface area contributed by atoms with E-state index in [1.165, 1.54) is 6.07 Å². The Balaban J connectivity index is 1.82. The molecule has 0 amide bonds. The first-order valence-electron chi connectivity index (χ1n) is 5.32. The minimum atomic E-state index is -0.754. The zero-order valence-electron chi connectivity index (χ0n) is 8.90. The molecule has 0 spiro atoms. The van der Waals surface area contributed by atoms with Crippen LogP contribution in [0.15, 0.2) is 24.3 Å². The van der Waals surface area contributed by atoms with E-state index in [0.717, 1.165) is 13.1 Å². The van der Waals surface area contributed by atoms with E-state index in [4.69, 9.17) is 5.11 Å². The Labute approximate surface area is 93.5 Å². The molecular weight excluding hydrogens is 209 g/mol. The van der Waals surface area contributed by atoms with Gasteiger partial charge in [0.1, 0.15) is 5.82 Å². The second-order valence-electron chi connectivity index (χ2n) is 4.25. The molecule has 0 radical (unpaired) electrons. The standard InChI is InChI=1S/C12H14FNO2/c13-11-4-2-1-3-10(11)8-14-6-9(7-14)5-12(15)16/h1-4,9H,5-8H2,(H,15,16). The second-order valence-corrected chi connectivity index (χ2v) is 4.25. The number of hydrogen-bond acceptors (Lipinski definition) is 2. The highest BCUT2D eigenvalue weighted by atomic mass is 19.1. The molecule has 0 aromatic heterocycles. The van der Waals surface area contributed by atoms with Gasteiger partial charge >= 0.3 is 5.97 Å². The van der Waals surface area contributed by atoms with Gasteiger partial charge in [-0.15, -0.1) is 0 Å². The molecule has 0 aliphatic carbocycles. The first-order valence-corrected chi connectivity index (χ1v) is 5.32. The van der Waals surface area contributed by atoms with Crippen molar-refractivity contribution in [1.82, 2.24) is 4.90 Å². The molecule has 86 valence electrons. The van der Waals surface area contributed by atoms with Crippen LogP contribution in [0.5, 0.6) is 0 Å². The molecule has 1 aromatic rings. The van der Waals surface area contributed by atoms with Gasteiger partial charge in [-0.25, -0.2) is 4.39 Å². The van der Waals surface area contributed by atoms with Gasteiger partial charge < -0.3 is 5.11 Å². The van der Waals surface area contributed by atoms with E-state index in [2.05, 4.69) is 4.90 Å². The van der Waals surface area contributed by atoms with Crippen molar-refractivity contribution in [2.45, 2.75) is 13.0 Å². The molecule has 1 fully saturated rings. The largest absolute Gasteiger partial charge is 0.481 e. The van der Waals surface area contributed by atoms with E-state index >= 15 is 0 Å². The van der Waals surface area contributed by atoms with Crippen molar-refractivity contribution in [3.05, 3.63) is 35.6 Å². The molecule has 1 heterocycles. The first kappa shape index (κ1) is 11.1. The molecule has 1 aromatic carbocycles. The first-order chi connectivity index (χ1) is 7.65. The molecule has 1 aliphatic heterocycles. The quantitative estimate of drug-likeness (QED) is 0.845. The predicted octanol–water partition coefficient (Wildman–Crippen LogP) is 1.73. The van der Waals surface area contributed by atoms with Gasteiger partial charge in [0.2, 0.25) is 0 Å². The van der Waals surface area contributed by atoms with Crippen LogP contribution in [0.1, 0.15) is 12.0 Å². The van der Waals surface area contributed by atoms with Crippen molar-refractivity contribution >= 4 is 5.97 Å². The molecule has 0 saturated carbocycles. The van der Waals surface area contributed by atoms with Crippen LogP contribution >= 0.6 is 0 Å². The van der Waals surface area contributed by atoms with Gasteiger partial charge in [0.25, 0.3) is 0 Å². The minimum Gasteiger partial charge on any atom is -0.481 e. The third-order valence-electron chi connectivity index (χ3n) is 2.85. The average molecular weight is 223 g/mol. The molecule has 2 rings (SSSR count). The number of rotatable bonds is 4. The van der Waals surface area contributed by atoms with Crippen LogP contribution in [0.4, 0.5) is 4.39 Å². The van der Waals surface area contributed by atoms with Crippen molar-refractivity contribution in [3.8, 4) is 0 Å². The Morgan fingerprint density at radius 1 is 1.44 bits per heavy atom. The van der Waals surface area contributed by atoms with Gasteiger partial charge in [-0.2, -0.15) is 0 Å². The van der Waals surface area contributed by atoms with Crippen LogP contribution in [0, 0.1) is 11.7 Å². The lowest BCUT2D eigenvalue weighted by atomic mass is 9.96. The molecule has 0 bridgehead atoms. The fourth-order valence-electron chi connectivity index (χ4n) is 2.05. The highest BCUT2D eigenvalue weighted by molar-refractivity contribution is 5.67. The van der Waals surface area contributed by atoms with Crippen molar-refractivity contribution in [2.24, 2.45) is 5.92 Å². The molecule has 0 atom stereocenters. The van der Waals surface area contributed by atoms with E-state index in [0.29, 0.717) is 12.1 Å². The summed E-state index contributed by atoms with van der Waals surface area (Å²) in [5, 5.41) is 8.59. The summed E-state index contributed by atoms with van der Waals surface area (Å²) >= 11 is 0. The normalized spacial score (nSPS) is 17.1. The molecule has 16 heavy (non-hydrogen) atoms. The maximum absolute atomic E-state index is 13.3. The number of nitrogens with zero attached hydrogens (tertiary/aromatic N) is 1. The maximum atomic E-state index is 13.3. The molecule has 1 saturated heterocycles. The summed E-state index contributed by atoms with van der Waals surface area (Å²) < 4.78 is 13.3. The minimum absolute atomic E-state index is 0.191. The zero-order valence-corrected chi connectivity index (χ0v) is 8.90. The molecule has 0 unspecified atom stereocenters. The number of carboxylic acid groups (broad SMARTS) is 1. The van der Waals surface area contributed by atoms with E-state index in [9.17, 15) is 9.18 Å². The van der Waals surface area contributed by atoms with Crippen LogP contribution in [0.2, 0.25) is 0 Å². The van der Waals surface area contributed by atoms with E-state index < -0.39 is 5.97 Å². The summed E-state index contributed by atoms with van der Waals surface area (Å²) in [7, 11) is 0. The summed E-state index contributed by atoms with van der Waals surface area (Å²) in [5.41, 5.74) is 0.677. The van der Waals surface area contributed by atoms with Crippen molar-refractivity contribution in [3.63, 3.8) is 0 Å². The van der Waals surface area contributed by atoms with Crippen molar-refractivity contribution in [1.29, 1.82) is 0 Å². The van der Waals surface area contributed by atoms with Crippen LogP contribution in [0.3, 0.4) is 0 Å². The van der Waals surface area contributed by atoms with Gasteiger partial charge in [0.15, 0.2) is 0 Å². The molecule has 4 heteroatoms. The Morgan fingerprint density at radius 3 is 2.75 bits per heavy atom. The van der Waals surface area contributed by atoms with Crippen molar-refractivity contribution in [2.75, 3.05) is 13.1 Å². The van der Waals surface area contributed by atoms with Gasteiger partial charge in [0, 0.05) is 25.2 Å². The molecule has 3 nitrogen and oxygen atoms in total. The maximum Gasteiger partial charge on any atom is 0.303 e. The Bertz CT molecular complexity index is 388. The number of halogens is 1. The number of carboxylic acids is 1. The number of likely N-dealkylation sites (tertiary alicyclic amines) is 1. The van der Waals surface area contributed by atoms with Gasteiger partial charge in [0.05, 0.1) is 6.42 Å². The fraction of sp³-hybridized carbons (Fsp3) is 0.417. The SMILES string of the molecule is O=C(O)CC1CN(Cc2ccccc2F)C1. The number of carbonyl (C=O) groups is 1. The number of hydrogen-bond donors (Lipinski definition) is 1. The summed E-state index contributed by atoms with van der Waals surface area (Å²) in [6, 6.07) is 6.69. The monoisotopic (exact) mass is 223 g/mol. The summed E-state index contributed by atoms with van der Waals surface area (Å²) in [6.45, 7) is 2.07. The van der Waals surface area contributed by atoms with Crippen LogP contribution < -0.4 is 0 Å². The summed E-state index contributed by atoms with van der Waals surface area (Å²) in [5.74, 6) is -0.719. The van der Waals surface area contributed by atoms with Crippen molar-refractivity contribution < 1.29 is 14.3 Å². The molecular formula is C12H14FNO2. The van der Waals surface area contributed by atoms with Crippen LogP contribution in [-0.4, -0.2) is 29.1 Å². The van der Waals surface area contributed by atoms with Gasteiger partial charge in [-0.1, -0.05) is 18.2 Å². The fourth-order valence-corrected chi connectivity index (χ4v) is 2.05. The molecule has 1 aliphatic rings. The van der Waals surface area contributed by atoms with Gasteiger partial charge in [-0.05, 0) is 12.0 Å². The summed E-state index contributed by atoms with van der Waals surface area (Å²) in [6.07, 6.45) is 0.216. The average Bonchev–Trinajstić information content (AvgIpc) is 2.17. The predicted molar refractivity (Wildman–Crippen MR) is 57.4 cm³/mol. The molecule has 1 N–H and O–H groups in total. The second kappa shape index (κ2) is 4.61. The third kappa shape index (κ3) is 2.58. The zero-order chi connectivity index (χ0) is 11.5. The van der Waals surface area contributed by atoms with E-state index in [-0.39, 0.29) is 18.2 Å². The Morgan fingerprint density at radius 2 is 2.12 bits per heavy atom. The highest BCUT2D eigenvalue weighted by Crippen LogP contribution is 2.22.